The summed E-state index contributed by atoms with van der Waals surface area (Å²) in [5.41, 5.74) is 2.51. The highest BCUT2D eigenvalue weighted by molar-refractivity contribution is 5.36. The van der Waals surface area contributed by atoms with Crippen molar-refractivity contribution < 1.29 is 9.47 Å². The average molecular weight is 366 g/mol. The van der Waals surface area contributed by atoms with E-state index in [0.717, 1.165) is 35.8 Å². The molecular weight excluding hydrogens is 344 g/mol. The summed E-state index contributed by atoms with van der Waals surface area (Å²) >= 11 is 0. The van der Waals surface area contributed by atoms with Crippen LogP contribution in [-0.2, 0) is 12.8 Å². The van der Waals surface area contributed by atoms with E-state index in [2.05, 4.69) is 24.3 Å². The fourth-order valence-corrected chi connectivity index (χ4v) is 3.07. The Morgan fingerprint density at radius 2 is 0.786 bits per heavy atom. The van der Waals surface area contributed by atoms with Crippen LogP contribution in [0.3, 0.4) is 0 Å². The number of ether oxygens (including phenoxy) is 2. The summed E-state index contributed by atoms with van der Waals surface area (Å²) < 4.78 is 11.9. The number of para-hydroxylation sites is 2. The van der Waals surface area contributed by atoms with Gasteiger partial charge in [-0.25, -0.2) is 0 Å². The van der Waals surface area contributed by atoms with Crippen molar-refractivity contribution in [2.45, 2.75) is 12.8 Å². The van der Waals surface area contributed by atoms with Gasteiger partial charge in [-0.3, -0.25) is 0 Å². The van der Waals surface area contributed by atoms with E-state index in [-0.39, 0.29) is 0 Å². The summed E-state index contributed by atoms with van der Waals surface area (Å²) in [5.74, 6) is 3.44. The molecule has 0 N–H and O–H groups in total. The molecule has 0 fully saturated rings. The number of aryl methyl sites for hydroxylation is 2. The maximum Gasteiger partial charge on any atom is 0.127 e. The van der Waals surface area contributed by atoms with Gasteiger partial charge in [-0.15, -0.1) is 0 Å². The highest BCUT2D eigenvalue weighted by Gasteiger charge is 2.02. The molecule has 0 spiro atoms. The van der Waals surface area contributed by atoms with Crippen LogP contribution in [0.2, 0.25) is 0 Å². The molecule has 0 bridgehead atoms. The Kier molecular flexibility index (Phi) is 5.69. The molecule has 0 atom stereocenters. The van der Waals surface area contributed by atoms with Gasteiger partial charge in [0.25, 0.3) is 0 Å². The van der Waals surface area contributed by atoms with Crippen LogP contribution < -0.4 is 9.47 Å². The molecule has 0 unspecified atom stereocenters. The van der Waals surface area contributed by atoms with Crippen LogP contribution in [0.1, 0.15) is 11.1 Å². The predicted octanol–water partition coefficient (Wildman–Crippen LogP) is 7.06. The van der Waals surface area contributed by atoms with Gasteiger partial charge >= 0.3 is 0 Å². The number of hydrogen-bond donors (Lipinski definition) is 0. The highest BCUT2D eigenvalue weighted by atomic mass is 16.5. The molecule has 0 heterocycles. The molecule has 28 heavy (non-hydrogen) atoms. The highest BCUT2D eigenvalue weighted by Crippen LogP contribution is 2.24. The first-order valence-corrected chi connectivity index (χ1v) is 9.49. The largest absolute Gasteiger partial charge is 0.457 e. The lowest BCUT2D eigenvalue weighted by molar-refractivity contribution is 0.481. The van der Waals surface area contributed by atoms with Crippen molar-refractivity contribution in [3.05, 3.63) is 120 Å². The molecule has 0 saturated heterocycles. The molecule has 0 aliphatic carbocycles. The van der Waals surface area contributed by atoms with Crippen molar-refractivity contribution in [1.29, 1.82) is 0 Å². The Labute approximate surface area is 166 Å². The first-order chi connectivity index (χ1) is 13.8. The molecule has 0 amide bonds. The number of benzene rings is 4. The van der Waals surface area contributed by atoms with E-state index in [4.69, 9.17) is 9.47 Å². The monoisotopic (exact) mass is 366 g/mol. The second kappa shape index (κ2) is 8.92. The van der Waals surface area contributed by atoms with E-state index in [1.165, 1.54) is 11.1 Å². The van der Waals surface area contributed by atoms with Crippen LogP contribution in [-0.4, -0.2) is 0 Å². The summed E-state index contributed by atoms with van der Waals surface area (Å²) in [5, 5.41) is 0. The van der Waals surface area contributed by atoms with E-state index in [1.807, 2.05) is 84.9 Å². The molecule has 4 aromatic carbocycles. The smallest absolute Gasteiger partial charge is 0.127 e. The van der Waals surface area contributed by atoms with Gasteiger partial charge in [0.05, 0.1) is 0 Å². The quantitative estimate of drug-likeness (QED) is 0.349. The third-order valence-corrected chi connectivity index (χ3v) is 4.46. The van der Waals surface area contributed by atoms with E-state index < -0.39 is 0 Å². The van der Waals surface area contributed by atoms with Gasteiger partial charge in [0.1, 0.15) is 23.0 Å². The van der Waals surface area contributed by atoms with Crippen LogP contribution in [0.5, 0.6) is 23.0 Å². The molecule has 2 nitrogen and oxygen atoms in total. The van der Waals surface area contributed by atoms with Crippen molar-refractivity contribution in [2.24, 2.45) is 0 Å². The molecule has 138 valence electrons. The second-order valence-electron chi connectivity index (χ2n) is 6.63. The topological polar surface area (TPSA) is 18.5 Å². The van der Waals surface area contributed by atoms with Crippen LogP contribution >= 0.6 is 0 Å². The van der Waals surface area contributed by atoms with E-state index in [0.29, 0.717) is 0 Å². The van der Waals surface area contributed by atoms with Crippen molar-refractivity contribution >= 4 is 0 Å². The lowest BCUT2D eigenvalue weighted by Gasteiger charge is -2.09. The van der Waals surface area contributed by atoms with Gasteiger partial charge in [0, 0.05) is 0 Å². The molecule has 2 heteroatoms. The number of hydrogen-bond acceptors (Lipinski definition) is 2. The summed E-state index contributed by atoms with van der Waals surface area (Å²) in [7, 11) is 0. The molecule has 0 aliphatic rings. The zero-order valence-electron chi connectivity index (χ0n) is 15.6. The predicted molar refractivity (Wildman–Crippen MR) is 113 cm³/mol. The standard InChI is InChI=1S/C26H22O2/c1-3-11-23(12-4-1)27-25-15-7-9-21(19-25)17-18-22-10-8-16-26(20-22)28-24-13-5-2-6-14-24/h1-16,19-20H,17-18H2. The maximum absolute atomic E-state index is 5.94. The van der Waals surface area contributed by atoms with Crippen LogP contribution in [0.25, 0.3) is 0 Å². The third kappa shape index (κ3) is 5.01. The average Bonchev–Trinajstić information content (AvgIpc) is 2.74. The summed E-state index contributed by atoms with van der Waals surface area (Å²) in [6.45, 7) is 0. The fraction of sp³-hybridized carbons (Fsp3) is 0.0769. The first kappa shape index (κ1) is 17.9. The minimum atomic E-state index is 0.852. The Hall–Kier alpha value is -3.52. The van der Waals surface area contributed by atoms with Crippen molar-refractivity contribution in [1.82, 2.24) is 0 Å². The molecular formula is C26H22O2. The minimum Gasteiger partial charge on any atom is -0.457 e. The molecule has 0 radical (unpaired) electrons. The first-order valence-electron chi connectivity index (χ1n) is 9.49. The zero-order chi connectivity index (χ0) is 19.0. The normalized spacial score (nSPS) is 10.4. The lowest BCUT2D eigenvalue weighted by atomic mass is 10.0. The SMILES string of the molecule is c1ccc(Oc2cccc(CCc3cccc(Oc4ccccc4)c3)c2)cc1. The maximum atomic E-state index is 5.94. The number of rotatable bonds is 7. The molecule has 0 aliphatic heterocycles. The second-order valence-corrected chi connectivity index (χ2v) is 6.63. The van der Waals surface area contributed by atoms with Gasteiger partial charge in [-0.1, -0.05) is 60.7 Å². The fourth-order valence-electron chi connectivity index (χ4n) is 3.07. The van der Waals surface area contributed by atoms with Gasteiger partial charge in [0.2, 0.25) is 0 Å². The Balaban J connectivity index is 1.39. The molecule has 0 saturated carbocycles. The summed E-state index contributed by atoms with van der Waals surface area (Å²) in [4.78, 5) is 0. The minimum absolute atomic E-state index is 0.852. The van der Waals surface area contributed by atoms with Crippen molar-refractivity contribution in [2.75, 3.05) is 0 Å². The van der Waals surface area contributed by atoms with Crippen LogP contribution in [0, 0.1) is 0 Å². The van der Waals surface area contributed by atoms with Gasteiger partial charge < -0.3 is 9.47 Å². The lowest BCUT2D eigenvalue weighted by Crippen LogP contribution is -1.93. The van der Waals surface area contributed by atoms with Crippen LogP contribution in [0.4, 0.5) is 0 Å². The molecule has 0 aromatic heterocycles. The van der Waals surface area contributed by atoms with Crippen LogP contribution in [0.15, 0.2) is 109 Å². The zero-order valence-corrected chi connectivity index (χ0v) is 15.6. The van der Waals surface area contributed by atoms with Crippen molar-refractivity contribution in [3.8, 4) is 23.0 Å². The van der Waals surface area contributed by atoms with E-state index in [1.54, 1.807) is 0 Å². The Morgan fingerprint density at radius 1 is 0.393 bits per heavy atom. The molecule has 4 aromatic rings. The van der Waals surface area contributed by atoms with E-state index in [9.17, 15) is 0 Å². The third-order valence-electron chi connectivity index (χ3n) is 4.46. The van der Waals surface area contributed by atoms with Gasteiger partial charge in [-0.05, 0) is 72.5 Å². The molecule has 4 rings (SSSR count). The Bertz CT molecular complexity index is 926. The summed E-state index contributed by atoms with van der Waals surface area (Å²) in [6, 6.07) is 36.3. The summed E-state index contributed by atoms with van der Waals surface area (Å²) in [6.07, 6.45) is 1.89. The van der Waals surface area contributed by atoms with Gasteiger partial charge in [0.15, 0.2) is 0 Å². The Morgan fingerprint density at radius 3 is 1.21 bits per heavy atom. The van der Waals surface area contributed by atoms with Gasteiger partial charge in [-0.2, -0.15) is 0 Å². The van der Waals surface area contributed by atoms with Crippen molar-refractivity contribution in [3.63, 3.8) is 0 Å². The van der Waals surface area contributed by atoms with E-state index >= 15 is 0 Å².